The van der Waals surface area contributed by atoms with E-state index in [1.807, 2.05) is 24.3 Å². The Labute approximate surface area is 107 Å². The van der Waals surface area contributed by atoms with Gasteiger partial charge in [0.05, 0.1) is 5.92 Å². The van der Waals surface area contributed by atoms with Crippen molar-refractivity contribution in [3.8, 4) is 0 Å². The summed E-state index contributed by atoms with van der Waals surface area (Å²) in [6.45, 7) is 2.06. The molecule has 0 unspecified atom stereocenters. The van der Waals surface area contributed by atoms with Crippen LogP contribution in [0.25, 0.3) is 0 Å². The van der Waals surface area contributed by atoms with Crippen molar-refractivity contribution in [1.82, 2.24) is 0 Å². The highest BCUT2D eigenvalue weighted by Gasteiger charge is 2.37. The molecule has 0 radical (unpaired) electrons. The SMILES string of the molecule is CCc1ccc(C(=O)[C@@H]2CCC[C@H]2C(=O)O)cc1. The summed E-state index contributed by atoms with van der Waals surface area (Å²) < 4.78 is 0. The second kappa shape index (κ2) is 5.34. The molecule has 96 valence electrons. The normalized spacial score (nSPS) is 22.9. The third kappa shape index (κ3) is 2.45. The average Bonchev–Trinajstić information content (AvgIpc) is 2.87. The van der Waals surface area contributed by atoms with Gasteiger partial charge in [0.25, 0.3) is 0 Å². The molecule has 18 heavy (non-hydrogen) atoms. The zero-order valence-corrected chi connectivity index (χ0v) is 10.6. The number of carboxylic acid groups (broad SMARTS) is 1. The molecule has 1 aliphatic carbocycles. The summed E-state index contributed by atoms with van der Waals surface area (Å²) in [4.78, 5) is 23.4. The fraction of sp³-hybridized carbons (Fsp3) is 0.467. The number of ketones is 1. The highest BCUT2D eigenvalue weighted by atomic mass is 16.4. The fourth-order valence-corrected chi connectivity index (χ4v) is 2.69. The minimum Gasteiger partial charge on any atom is -0.481 e. The lowest BCUT2D eigenvalue weighted by Crippen LogP contribution is -2.25. The third-order valence-corrected chi connectivity index (χ3v) is 3.82. The number of benzene rings is 1. The predicted molar refractivity (Wildman–Crippen MR) is 68.6 cm³/mol. The van der Waals surface area contributed by atoms with E-state index < -0.39 is 11.9 Å². The van der Waals surface area contributed by atoms with Crippen LogP contribution in [0.15, 0.2) is 24.3 Å². The maximum Gasteiger partial charge on any atom is 0.307 e. The summed E-state index contributed by atoms with van der Waals surface area (Å²) in [5.41, 5.74) is 1.83. The number of carbonyl (C=O) groups excluding carboxylic acids is 1. The fourth-order valence-electron chi connectivity index (χ4n) is 2.69. The van der Waals surface area contributed by atoms with Crippen LogP contribution in [0.1, 0.15) is 42.1 Å². The van der Waals surface area contributed by atoms with Crippen LogP contribution in [-0.4, -0.2) is 16.9 Å². The van der Waals surface area contributed by atoms with Crippen LogP contribution in [0.4, 0.5) is 0 Å². The van der Waals surface area contributed by atoms with E-state index in [0.717, 1.165) is 12.8 Å². The first-order valence-corrected chi connectivity index (χ1v) is 6.49. The minimum absolute atomic E-state index is 0.0115. The van der Waals surface area contributed by atoms with Crippen molar-refractivity contribution in [2.45, 2.75) is 32.6 Å². The summed E-state index contributed by atoms with van der Waals surface area (Å²) >= 11 is 0. The van der Waals surface area contributed by atoms with E-state index in [-0.39, 0.29) is 11.7 Å². The number of carbonyl (C=O) groups is 2. The highest BCUT2D eigenvalue weighted by Crippen LogP contribution is 2.34. The first-order valence-electron chi connectivity index (χ1n) is 6.49. The van der Waals surface area contributed by atoms with E-state index in [1.54, 1.807) is 0 Å². The van der Waals surface area contributed by atoms with Gasteiger partial charge in [-0.25, -0.2) is 0 Å². The quantitative estimate of drug-likeness (QED) is 0.831. The molecule has 3 heteroatoms. The molecule has 0 aliphatic heterocycles. The van der Waals surface area contributed by atoms with Gasteiger partial charge in [-0.2, -0.15) is 0 Å². The largest absolute Gasteiger partial charge is 0.481 e. The Hall–Kier alpha value is -1.64. The number of carboxylic acids is 1. The Morgan fingerprint density at radius 2 is 1.78 bits per heavy atom. The van der Waals surface area contributed by atoms with Gasteiger partial charge in [-0.15, -0.1) is 0 Å². The lowest BCUT2D eigenvalue weighted by Gasteiger charge is -2.14. The number of aryl methyl sites for hydroxylation is 1. The van der Waals surface area contributed by atoms with Crippen molar-refractivity contribution in [3.63, 3.8) is 0 Å². The average molecular weight is 246 g/mol. The monoisotopic (exact) mass is 246 g/mol. The Morgan fingerprint density at radius 1 is 1.17 bits per heavy atom. The number of hydrogen-bond donors (Lipinski definition) is 1. The van der Waals surface area contributed by atoms with E-state index in [2.05, 4.69) is 6.92 Å². The Bertz CT molecular complexity index is 447. The van der Waals surface area contributed by atoms with Crippen molar-refractivity contribution >= 4 is 11.8 Å². The van der Waals surface area contributed by atoms with Gasteiger partial charge in [0.15, 0.2) is 5.78 Å². The van der Waals surface area contributed by atoms with Crippen LogP contribution in [0.2, 0.25) is 0 Å². The van der Waals surface area contributed by atoms with Crippen LogP contribution in [0.3, 0.4) is 0 Å². The molecule has 0 heterocycles. The molecular formula is C15H18O3. The van der Waals surface area contributed by atoms with Crippen LogP contribution >= 0.6 is 0 Å². The van der Waals surface area contributed by atoms with Gasteiger partial charge in [0, 0.05) is 11.5 Å². The van der Waals surface area contributed by atoms with Crippen LogP contribution in [0.5, 0.6) is 0 Å². The van der Waals surface area contributed by atoms with Gasteiger partial charge >= 0.3 is 5.97 Å². The van der Waals surface area contributed by atoms with Gasteiger partial charge in [0.2, 0.25) is 0 Å². The third-order valence-electron chi connectivity index (χ3n) is 3.82. The van der Waals surface area contributed by atoms with Gasteiger partial charge in [0.1, 0.15) is 0 Å². The molecule has 1 aromatic carbocycles. The summed E-state index contributed by atoms with van der Waals surface area (Å²) in [5.74, 6) is -1.68. The highest BCUT2D eigenvalue weighted by molar-refractivity contribution is 6.00. The van der Waals surface area contributed by atoms with Crippen LogP contribution in [-0.2, 0) is 11.2 Å². The number of hydrogen-bond acceptors (Lipinski definition) is 2. The Morgan fingerprint density at radius 3 is 2.33 bits per heavy atom. The zero-order valence-electron chi connectivity index (χ0n) is 10.6. The smallest absolute Gasteiger partial charge is 0.307 e. The summed E-state index contributed by atoms with van der Waals surface area (Å²) in [6.07, 6.45) is 3.10. The van der Waals surface area contributed by atoms with Gasteiger partial charge < -0.3 is 5.11 Å². The molecule has 1 aliphatic rings. The molecule has 0 amide bonds. The second-order valence-electron chi connectivity index (χ2n) is 4.90. The van der Waals surface area contributed by atoms with Crippen molar-refractivity contribution in [2.24, 2.45) is 11.8 Å². The van der Waals surface area contributed by atoms with Gasteiger partial charge in [-0.05, 0) is 24.8 Å². The van der Waals surface area contributed by atoms with Crippen molar-refractivity contribution in [3.05, 3.63) is 35.4 Å². The zero-order chi connectivity index (χ0) is 13.1. The standard InChI is InChI=1S/C15H18O3/c1-2-10-6-8-11(9-7-10)14(16)12-4-3-5-13(12)15(17)18/h6-9,12-13H,2-5H2,1H3,(H,17,18)/t12-,13-/m1/s1. The van der Waals surface area contributed by atoms with Gasteiger partial charge in [-0.1, -0.05) is 37.6 Å². The lowest BCUT2D eigenvalue weighted by molar-refractivity contribution is -0.142. The molecule has 0 aromatic heterocycles. The molecule has 2 rings (SSSR count). The molecule has 3 nitrogen and oxygen atoms in total. The maximum absolute atomic E-state index is 12.3. The number of aliphatic carboxylic acids is 1. The molecule has 2 atom stereocenters. The van der Waals surface area contributed by atoms with Crippen LogP contribution in [0, 0.1) is 11.8 Å². The second-order valence-corrected chi connectivity index (χ2v) is 4.90. The summed E-state index contributed by atoms with van der Waals surface area (Å²) in [7, 11) is 0. The minimum atomic E-state index is -0.837. The molecule has 0 spiro atoms. The van der Waals surface area contributed by atoms with E-state index >= 15 is 0 Å². The molecule has 1 aromatic rings. The van der Waals surface area contributed by atoms with Crippen molar-refractivity contribution in [2.75, 3.05) is 0 Å². The van der Waals surface area contributed by atoms with Crippen molar-refractivity contribution < 1.29 is 14.7 Å². The predicted octanol–water partition coefficient (Wildman–Crippen LogP) is 2.93. The molecule has 1 N–H and O–H groups in total. The van der Waals surface area contributed by atoms with Crippen molar-refractivity contribution in [1.29, 1.82) is 0 Å². The first-order chi connectivity index (χ1) is 8.63. The van der Waals surface area contributed by atoms with Gasteiger partial charge in [-0.3, -0.25) is 9.59 Å². The topological polar surface area (TPSA) is 54.4 Å². The van der Waals surface area contributed by atoms with E-state index in [4.69, 9.17) is 5.11 Å². The first kappa shape index (κ1) is 12.8. The molecule has 1 fully saturated rings. The van der Waals surface area contributed by atoms with Crippen LogP contribution < -0.4 is 0 Å². The molecular weight excluding hydrogens is 228 g/mol. The molecule has 0 saturated heterocycles. The van der Waals surface area contributed by atoms with E-state index in [9.17, 15) is 9.59 Å². The lowest BCUT2D eigenvalue weighted by atomic mass is 9.88. The maximum atomic E-state index is 12.3. The Kier molecular flexibility index (Phi) is 3.80. The summed E-state index contributed by atoms with van der Waals surface area (Å²) in [6, 6.07) is 7.52. The molecule has 0 bridgehead atoms. The summed E-state index contributed by atoms with van der Waals surface area (Å²) in [5, 5.41) is 9.11. The van der Waals surface area contributed by atoms with E-state index in [0.29, 0.717) is 18.4 Å². The molecule has 1 saturated carbocycles. The van der Waals surface area contributed by atoms with E-state index in [1.165, 1.54) is 5.56 Å². The Balaban J connectivity index is 2.17. The number of rotatable bonds is 4. The number of Topliss-reactive ketones (excluding diaryl/α,β-unsaturated/α-hetero) is 1.